The Kier molecular flexibility index (Phi) is 10.1. The van der Waals surface area contributed by atoms with E-state index in [9.17, 15) is 9.90 Å². The number of pyridine rings is 1. The molecule has 2 aromatic carbocycles. The molecule has 32 heavy (non-hydrogen) atoms. The van der Waals surface area contributed by atoms with Gasteiger partial charge in [-0.1, -0.05) is 47.5 Å². The van der Waals surface area contributed by atoms with E-state index in [0.717, 1.165) is 5.56 Å². The highest BCUT2D eigenvalue weighted by atomic mass is 35.5. The van der Waals surface area contributed by atoms with Gasteiger partial charge in [-0.15, -0.1) is 0 Å². The van der Waals surface area contributed by atoms with E-state index in [1.54, 1.807) is 41.1 Å². The first kappa shape index (κ1) is 26.9. The van der Waals surface area contributed by atoms with Crippen molar-refractivity contribution in [1.82, 2.24) is 9.78 Å². The summed E-state index contributed by atoms with van der Waals surface area (Å²) in [6.07, 6.45) is 3.82. The van der Waals surface area contributed by atoms with E-state index in [4.69, 9.17) is 23.2 Å². The van der Waals surface area contributed by atoms with Gasteiger partial charge in [-0.25, -0.2) is 4.98 Å². The number of rotatable bonds is 4. The standard InChI is InChI=1S/C15H10Cl2N2O2.C7H10N2.2H2O/c16-10-6-5-9(12(17)7-10)8-19-13-4-2-1-3-11(13)14(18-19)15(20)21;1-9(2)7-3-5-8-6-4-7;;/h1-7H,8H2,(H,20,21);3-6H,1-2H3;2*1H2. The van der Waals surface area contributed by atoms with Crippen molar-refractivity contribution in [2.24, 2.45) is 0 Å². The number of fused-ring (bicyclic) bond motifs is 1. The van der Waals surface area contributed by atoms with Crippen molar-refractivity contribution >= 4 is 45.8 Å². The summed E-state index contributed by atoms with van der Waals surface area (Å²) >= 11 is 12.0. The summed E-state index contributed by atoms with van der Waals surface area (Å²) in [5, 5.41) is 16.9. The molecular weight excluding hydrogens is 455 g/mol. The Morgan fingerprint density at radius 2 is 1.72 bits per heavy atom. The third kappa shape index (κ3) is 6.41. The topological polar surface area (TPSA) is 138 Å². The number of aromatic carboxylic acids is 1. The minimum atomic E-state index is -1.30. The number of benzene rings is 2. The van der Waals surface area contributed by atoms with Gasteiger partial charge >= 0.3 is 0 Å². The largest absolute Gasteiger partial charge is 0.543 e. The molecule has 4 rings (SSSR count). The van der Waals surface area contributed by atoms with Crippen LogP contribution in [0.3, 0.4) is 0 Å². The van der Waals surface area contributed by atoms with Gasteiger partial charge in [-0.3, -0.25) is 4.68 Å². The number of aromatic nitrogens is 3. The number of nitrogens with one attached hydrogen (secondary N) is 1. The number of hydrogen-bond acceptors (Lipinski definition) is 4. The van der Waals surface area contributed by atoms with E-state index >= 15 is 0 Å². The molecule has 2 heterocycles. The maximum atomic E-state index is 11.2. The average Bonchev–Trinajstić information content (AvgIpc) is 3.10. The van der Waals surface area contributed by atoms with Gasteiger partial charge in [0.1, 0.15) is 5.69 Å². The van der Waals surface area contributed by atoms with Crippen LogP contribution < -0.4 is 15.0 Å². The molecule has 0 aliphatic carbocycles. The van der Waals surface area contributed by atoms with Crippen molar-refractivity contribution in [2.45, 2.75) is 6.54 Å². The van der Waals surface area contributed by atoms with Gasteiger partial charge in [-0.05, 0) is 23.8 Å². The van der Waals surface area contributed by atoms with Gasteiger partial charge in [0.15, 0.2) is 12.4 Å². The fourth-order valence-corrected chi connectivity index (χ4v) is 3.35. The molecule has 0 unspecified atom stereocenters. The zero-order valence-electron chi connectivity index (χ0n) is 17.5. The van der Waals surface area contributed by atoms with E-state index in [1.807, 2.05) is 44.7 Å². The average molecular weight is 479 g/mol. The van der Waals surface area contributed by atoms with Crippen molar-refractivity contribution in [1.29, 1.82) is 0 Å². The van der Waals surface area contributed by atoms with Crippen LogP contribution in [0.15, 0.2) is 67.0 Å². The second-order valence-electron chi connectivity index (χ2n) is 6.70. The monoisotopic (exact) mass is 478 g/mol. The van der Waals surface area contributed by atoms with E-state index < -0.39 is 5.97 Å². The van der Waals surface area contributed by atoms with Crippen LogP contribution in [0.1, 0.15) is 16.1 Å². The molecule has 0 radical (unpaired) electrons. The third-order valence-corrected chi connectivity index (χ3v) is 4.99. The molecule has 0 amide bonds. The molecule has 8 nitrogen and oxygen atoms in total. The second-order valence-corrected chi connectivity index (χ2v) is 7.54. The van der Waals surface area contributed by atoms with Crippen LogP contribution in [0, 0.1) is 0 Å². The van der Waals surface area contributed by atoms with Crippen LogP contribution in [0.4, 0.5) is 5.69 Å². The molecule has 0 fully saturated rings. The molecule has 4 aromatic rings. The van der Waals surface area contributed by atoms with Gasteiger partial charge in [0.2, 0.25) is 0 Å². The Morgan fingerprint density at radius 3 is 2.28 bits per heavy atom. The molecule has 5 N–H and O–H groups in total. The summed E-state index contributed by atoms with van der Waals surface area (Å²) in [5.41, 5.74) is 2.66. The summed E-state index contributed by atoms with van der Waals surface area (Å²) in [7, 11) is 4.05. The lowest BCUT2D eigenvalue weighted by Gasteiger charge is -2.08. The molecule has 0 spiro atoms. The molecule has 0 aliphatic heterocycles. The number of para-hydroxylation sites is 1. The highest BCUT2D eigenvalue weighted by molar-refractivity contribution is 6.35. The lowest BCUT2D eigenvalue weighted by Crippen LogP contribution is -2.23. The van der Waals surface area contributed by atoms with Crippen LogP contribution in [0.5, 0.6) is 0 Å². The van der Waals surface area contributed by atoms with Crippen molar-refractivity contribution in [3.63, 3.8) is 0 Å². The number of carboxylic acid groups (broad SMARTS) is 1. The minimum Gasteiger partial charge on any atom is -0.543 e. The molecule has 0 bridgehead atoms. The lowest BCUT2D eigenvalue weighted by atomic mass is 10.2. The summed E-state index contributed by atoms with van der Waals surface area (Å²) in [4.78, 5) is 16.2. The maximum Gasteiger partial charge on any atom is 0.169 e. The molecule has 0 saturated heterocycles. The summed E-state index contributed by atoms with van der Waals surface area (Å²) < 4.78 is 1.59. The van der Waals surface area contributed by atoms with Gasteiger partial charge in [0.05, 0.1) is 18.0 Å². The normalized spacial score (nSPS) is 9.75. The van der Waals surface area contributed by atoms with Gasteiger partial charge < -0.3 is 25.8 Å². The number of H-pyrrole nitrogens is 1. The van der Waals surface area contributed by atoms with E-state index in [0.29, 0.717) is 27.5 Å². The first-order valence-corrected chi connectivity index (χ1v) is 9.86. The van der Waals surface area contributed by atoms with Crippen molar-refractivity contribution in [3.8, 4) is 0 Å². The first-order valence-electron chi connectivity index (χ1n) is 9.11. The van der Waals surface area contributed by atoms with Crippen LogP contribution >= 0.6 is 23.2 Å². The summed E-state index contributed by atoms with van der Waals surface area (Å²) in [5.74, 6) is -1.30. The SMILES string of the molecule is CN(C)c1cc[nH+]cc1.O.O.O=C([O-])c1nn(Cc2ccc(Cl)cc2Cl)c2ccccc12. The molecule has 0 aliphatic rings. The van der Waals surface area contributed by atoms with E-state index in [-0.39, 0.29) is 16.6 Å². The summed E-state index contributed by atoms with van der Waals surface area (Å²) in [6.45, 7) is 0.351. The lowest BCUT2D eigenvalue weighted by molar-refractivity contribution is -0.377. The van der Waals surface area contributed by atoms with Crippen molar-refractivity contribution in [3.05, 3.63) is 88.3 Å². The number of carbonyl (C=O) groups is 1. The predicted octanol–water partition coefficient (Wildman–Crippen LogP) is 1.67. The number of halogens is 2. The molecule has 2 aromatic heterocycles. The third-order valence-electron chi connectivity index (χ3n) is 4.40. The van der Waals surface area contributed by atoms with E-state index in [2.05, 4.69) is 15.0 Å². The highest BCUT2D eigenvalue weighted by Crippen LogP contribution is 2.24. The Balaban J connectivity index is 0.000000397. The second kappa shape index (κ2) is 12.0. The molecule has 10 heteroatoms. The molecule has 0 atom stereocenters. The zero-order valence-corrected chi connectivity index (χ0v) is 19.0. The quantitative estimate of drug-likeness (QED) is 0.439. The fraction of sp³-hybridized carbons (Fsp3) is 0.136. The van der Waals surface area contributed by atoms with Gasteiger partial charge in [0.25, 0.3) is 0 Å². The van der Waals surface area contributed by atoms with Crippen LogP contribution in [-0.2, 0) is 6.54 Å². The van der Waals surface area contributed by atoms with Crippen LogP contribution in [0.25, 0.3) is 10.9 Å². The first-order chi connectivity index (χ1) is 14.4. The smallest absolute Gasteiger partial charge is 0.169 e. The Bertz CT molecular complexity index is 1170. The predicted molar refractivity (Wildman–Crippen MR) is 124 cm³/mol. The van der Waals surface area contributed by atoms with Gasteiger partial charge in [0, 0.05) is 47.3 Å². The number of nitrogens with zero attached hydrogens (tertiary/aromatic N) is 3. The Labute approximate surface area is 195 Å². The Morgan fingerprint density at radius 1 is 1.06 bits per heavy atom. The minimum absolute atomic E-state index is 0. The van der Waals surface area contributed by atoms with Crippen molar-refractivity contribution < 1.29 is 25.8 Å². The zero-order chi connectivity index (χ0) is 21.7. The molecular formula is C22H24Cl2N4O4. The number of carboxylic acids is 1. The number of anilines is 1. The number of carbonyl (C=O) groups excluding carboxylic acids is 1. The number of hydrogen-bond donors (Lipinski definition) is 0. The number of aromatic amines is 1. The maximum absolute atomic E-state index is 11.2. The van der Waals surface area contributed by atoms with Crippen LogP contribution in [0.2, 0.25) is 10.0 Å². The van der Waals surface area contributed by atoms with Crippen LogP contribution in [-0.4, -0.2) is 40.8 Å². The van der Waals surface area contributed by atoms with Gasteiger partial charge in [-0.2, -0.15) is 5.10 Å². The Hall–Kier alpha value is -3.17. The van der Waals surface area contributed by atoms with Crippen molar-refractivity contribution in [2.75, 3.05) is 19.0 Å². The fourth-order valence-electron chi connectivity index (χ4n) is 2.89. The highest BCUT2D eigenvalue weighted by Gasteiger charge is 2.12. The molecule has 170 valence electrons. The van der Waals surface area contributed by atoms with E-state index in [1.165, 1.54) is 5.69 Å². The molecule has 0 saturated carbocycles. The summed E-state index contributed by atoms with van der Waals surface area (Å²) in [6, 6.07) is 16.3.